The number of hydrogen-bond donors (Lipinski definition) is 1. The van der Waals surface area contributed by atoms with Crippen molar-refractivity contribution < 1.29 is 23.1 Å². The molecule has 0 atom stereocenters. The Morgan fingerprint density at radius 1 is 1.33 bits per heavy atom. The van der Waals surface area contributed by atoms with Crippen LogP contribution in [0.15, 0.2) is 18.2 Å². The van der Waals surface area contributed by atoms with Crippen LogP contribution in [0.1, 0.15) is 17.5 Å². The number of aliphatic hydroxyl groups is 1. The molecule has 1 aromatic rings. The fourth-order valence-electron chi connectivity index (χ4n) is 2.01. The quantitative estimate of drug-likeness (QED) is 0.901. The van der Waals surface area contributed by atoms with Gasteiger partial charge in [-0.3, -0.25) is 4.79 Å². The van der Waals surface area contributed by atoms with E-state index in [4.69, 9.17) is 5.11 Å². The van der Waals surface area contributed by atoms with Gasteiger partial charge in [0.25, 0.3) is 0 Å². The Bertz CT molecular complexity index is 471. The van der Waals surface area contributed by atoms with Gasteiger partial charge in [-0.15, -0.1) is 0 Å². The summed E-state index contributed by atoms with van der Waals surface area (Å²) in [5, 5.41) is 8.73. The van der Waals surface area contributed by atoms with Crippen LogP contribution in [0.3, 0.4) is 0 Å². The third kappa shape index (κ3) is 2.33. The third-order valence-electron chi connectivity index (χ3n) is 2.89. The summed E-state index contributed by atoms with van der Waals surface area (Å²) in [5.41, 5.74) is 0.152. The number of alkyl halides is 3. The lowest BCUT2D eigenvalue weighted by Gasteiger charge is -2.18. The van der Waals surface area contributed by atoms with Crippen LogP contribution in [0.4, 0.5) is 18.9 Å². The molecule has 0 saturated carbocycles. The number of nitrogens with zero attached hydrogens (tertiary/aromatic N) is 1. The molecule has 1 aliphatic rings. The van der Waals surface area contributed by atoms with Gasteiger partial charge in [0.05, 0.1) is 12.0 Å². The van der Waals surface area contributed by atoms with E-state index in [-0.39, 0.29) is 25.5 Å². The Hall–Kier alpha value is -1.56. The van der Waals surface area contributed by atoms with Gasteiger partial charge >= 0.3 is 6.18 Å². The van der Waals surface area contributed by atoms with Crippen LogP contribution >= 0.6 is 0 Å². The summed E-state index contributed by atoms with van der Waals surface area (Å²) in [6.45, 7) is 0.141. The van der Waals surface area contributed by atoms with Crippen LogP contribution in [-0.2, 0) is 17.4 Å². The summed E-state index contributed by atoms with van der Waals surface area (Å²) >= 11 is 0. The summed E-state index contributed by atoms with van der Waals surface area (Å²) in [4.78, 5) is 13.0. The Labute approximate surface area is 102 Å². The zero-order valence-electron chi connectivity index (χ0n) is 9.50. The molecule has 0 aromatic heterocycles. The largest absolute Gasteiger partial charge is 0.416 e. The van der Waals surface area contributed by atoms with Gasteiger partial charge in [-0.05, 0) is 24.1 Å². The van der Waals surface area contributed by atoms with Crippen LogP contribution in [0, 0.1) is 0 Å². The molecule has 0 saturated heterocycles. The van der Waals surface area contributed by atoms with Gasteiger partial charge in [0, 0.05) is 18.8 Å². The number of anilines is 1. The van der Waals surface area contributed by atoms with Crippen LogP contribution < -0.4 is 4.90 Å². The highest BCUT2D eigenvalue weighted by molar-refractivity contribution is 6.01. The predicted octanol–water partition coefficient (Wildman–Crippen LogP) is 1.98. The number of carbonyl (C=O) groups excluding carboxylic acids is 1. The molecule has 1 N–H and O–H groups in total. The molecular formula is C12H12F3NO2. The molecule has 0 radical (unpaired) electrons. The SMILES string of the molecule is O=C1Cc2ccc(C(F)(F)F)cc2N1CCCO. The standard InChI is InChI=1S/C12H12F3NO2/c13-12(14,15)9-3-2-8-6-11(18)16(4-1-5-17)10(8)7-9/h2-3,7,17H,1,4-6H2. The molecule has 18 heavy (non-hydrogen) atoms. The average Bonchev–Trinajstić information content (AvgIpc) is 2.60. The van der Waals surface area contributed by atoms with Crippen molar-refractivity contribution in [1.82, 2.24) is 0 Å². The topological polar surface area (TPSA) is 40.5 Å². The van der Waals surface area contributed by atoms with Crippen LogP contribution in [0.25, 0.3) is 0 Å². The van der Waals surface area contributed by atoms with Gasteiger partial charge < -0.3 is 10.0 Å². The second-order valence-electron chi connectivity index (χ2n) is 4.14. The molecule has 0 spiro atoms. The highest BCUT2D eigenvalue weighted by Gasteiger charge is 2.34. The number of amides is 1. The molecule has 1 aliphatic heterocycles. The summed E-state index contributed by atoms with van der Waals surface area (Å²) in [7, 11) is 0. The number of hydrogen-bond acceptors (Lipinski definition) is 2. The van der Waals surface area contributed by atoms with E-state index in [1.807, 2.05) is 0 Å². The third-order valence-corrected chi connectivity index (χ3v) is 2.89. The van der Waals surface area contributed by atoms with Gasteiger partial charge in [-0.25, -0.2) is 0 Å². The van der Waals surface area contributed by atoms with Gasteiger partial charge in [-0.1, -0.05) is 6.07 Å². The predicted molar refractivity (Wildman–Crippen MR) is 59.2 cm³/mol. The lowest BCUT2D eigenvalue weighted by molar-refractivity contribution is -0.137. The molecule has 0 bridgehead atoms. The van der Waals surface area contributed by atoms with Crippen LogP contribution in [0.2, 0.25) is 0 Å². The number of carbonyl (C=O) groups is 1. The molecule has 0 unspecified atom stereocenters. The molecule has 0 aliphatic carbocycles. The Morgan fingerprint density at radius 3 is 2.67 bits per heavy atom. The Balaban J connectivity index is 2.33. The average molecular weight is 259 g/mol. The van der Waals surface area contributed by atoms with Crippen molar-refractivity contribution in [1.29, 1.82) is 0 Å². The Morgan fingerprint density at radius 2 is 2.06 bits per heavy atom. The minimum Gasteiger partial charge on any atom is -0.396 e. The fraction of sp³-hybridized carbons (Fsp3) is 0.417. The zero-order valence-corrected chi connectivity index (χ0v) is 9.50. The summed E-state index contributed by atoms with van der Waals surface area (Å²) < 4.78 is 37.8. The lowest BCUT2D eigenvalue weighted by atomic mass is 10.1. The number of benzene rings is 1. The second kappa shape index (κ2) is 4.61. The van der Waals surface area contributed by atoms with E-state index in [2.05, 4.69) is 0 Å². The minimum absolute atomic E-state index is 0.0991. The molecule has 1 amide bonds. The van der Waals surface area contributed by atoms with Crippen LogP contribution in [0.5, 0.6) is 0 Å². The summed E-state index contributed by atoms with van der Waals surface area (Å²) in [6.07, 6.45) is -3.94. The molecule has 98 valence electrons. The number of rotatable bonds is 3. The van der Waals surface area contributed by atoms with Gasteiger partial charge in [0.2, 0.25) is 5.91 Å². The van der Waals surface area contributed by atoms with Gasteiger partial charge in [0.1, 0.15) is 0 Å². The van der Waals surface area contributed by atoms with Gasteiger partial charge in [0.15, 0.2) is 0 Å². The molecule has 1 aromatic carbocycles. The van der Waals surface area contributed by atoms with Gasteiger partial charge in [-0.2, -0.15) is 13.2 Å². The minimum atomic E-state index is -4.41. The van der Waals surface area contributed by atoms with Crippen molar-refractivity contribution in [2.75, 3.05) is 18.1 Å². The maximum atomic E-state index is 12.6. The smallest absolute Gasteiger partial charge is 0.396 e. The first-order chi connectivity index (χ1) is 8.43. The van der Waals surface area contributed by atoms with Crippen molar-refractivity contribution in [3.8, 4) is 0 Å². The molecule has 3 nitrogen and oxygen atoms in total. The van der Waals surface area contributed by atoms with Crippen molar-refractivity contribution in [2.24, 2.45) is 0 Å². The number of aliphatic hydroxyl groups excluding tert-OH is 1. The van der Waals surface area contributed by atoms with E-state index in [0.717, 1.165) is 12.1 Å². The normalized spacial score (nSPS) is 15.1. The molecule has 0 fully saturated rings. The molecule has 1 heterocycles. The molecular weight excluding hydrogens is 247 g/mol. The van der Waals surface area contributed by atoms with E-state index in [1.165, 1.54) is 11.0 Å². The first kappa shape index (κ1) is 12.9. The van der Waals surface area contributed by atoms with Crippen LogP contribution in [-0.4, -0.2) is 24.2 Å². The van der Waals surface area contributed by atoms with Crippen molar-refractivity contribution >= 4 is 11.6 Å². The van der Waals surface area contributed by atoms with E-state index in [1.54, 1.807) is 0 Å². The van der Waals surface area contributed by atoms with E-state index >= 15 is 0 Å². The zero-order chi connectivity index (χ0) is 13.3. The van der Waals surface area contributed by atoms with E-state index in [9.17, 15) is 18.0 Å². The monoisotopic (exact) mass is 259 g/mol. The maximum absolute atomic E-state index is 12.6. The first-order valence-electron chi connectivity index (χ1n) is 5.55. The molecule has 6 heteroatoms. The van der Waals surface area contributed by atoms with E-state index in [0.29, 0.717) is 17.7 Å². The fourth-order valence-corrected chi connectivity index (χ4v) is 2.01. The highest BCUT2D eigenvalue weighted by Crippen LogP contribution is 2.36. The number of halogens is 3. The van der Waals surface area contributed by atoms with Crippen molar-refractivity contribution in [3.05, 3.63) is 29.3 Å². The van der Waals surface area contributed by atoms with E-state index < -0.39 is 11.7 Å². The summed E-state index contributed by atoms with van der Waals surface area (Å²) in [6, 6.07) is 3.33. The first-order valence-corrected chi connectivity index (χ1v) is 5.55. The highest BCUT2D eigenvalue weighted by atomic mass is 19.4. The summed E-state index contributed by atoms with van der Waals surface area (Å²) in [5.74, 6) is -0.224. The van der Waals surface area contributed by atoms with Crippen molar-refractivity contribution in [3.63, 3.8) is 0 Å². The second-order valence-corrected chi connectivity index (χ2v) is 4.14. The van der Waals surface area contributed by atoms with Crippen molar-refractivity contribution in [2.45, 2.75) is 19.0 Å². The maximum Gasteiger partial charge on any atom is 0.416 e. The lowest BCUT2D eigenvalue weighted by Crippen LogP contribution is -2.28. The Kier molecular flexibility index (Phi) is 3.30. The number of fused-ring (bicyclic) bond motifs is 1. The molecule has 2 rings (SSSR count).